The molecule has 3 aromatic carbocycles. The largest absolute Gasteiger partial charge is 0.493 e. The molecule has 1 aliphatic rings. The lowest BCUT2D eigenvalue weighted by atomic mass is 10.1. The highest BCUT2D eigenvalue weighted by Gasteiger charge is 2.31. The molecule has 0 radical (unpaired) electrons. The third-order valence-corrected chi connectivity index (χ3v) is 6.61. The molecule has 0 bridgehead atoms. The van der Waals surface area contributed by atoms with Crippen molar-refractivity contribution in [3.8, 4) is 11.5 Å². The van der Waals surface area contributed by atoms with Crippen LogP contribution in [-0.2, 0) is 11.2 Å². The monoisotopic (exact) mass is 501 g/mol. The van der Waals surface area contributed by atoms with Gasteiger partial charge in [0.25, 0.3) is 5.24 Å². The standard InChI is InChI=1S/C25H21Cl2NO4S/c26-18-8-11-22(20(27)15-18)32-21(17-4-2-1-3-5-17)12-13-31-19-9-6-16(7-10-19)14-23-24(29)28-25(30)33-23/h1-11,15,21,23H,12-14H2,(H,28,29,30)/t21-,23?/m0/s1. The fraction of sp³-hybridized carbons (Fsp3) is 0.200. The first-order valence-electron chi connectivity index (χ1n) is 10.4. The number of benzene rings is 3. The van der Waals surface area contributed by atoms with Crippen molar-refractivity contribution in [2.75, 3.05) is 6.61 Å². The van der Waals surface area contributed by atoms with Crippen LogP contribution in [-0.4, -0.2) is 23.0 Å². The number of amides is 2. The number of carbonyl (C=O) groups excluding carboxylic acids is 2. The van der Waals surface area contributed by atoms with Crippen molar-refractivity contribution in [2.24, 2.45) is 0 Å². The van der Waals surface area contributed by atoms with Gasteiger partial charge in [-0.15, -0.1) is 0 Å². The first-order chi connectivity index (χ1) is 16.0. The van der Waals surface area contributed by atoms with Crippen LogP contribution in [0.5, 0.6) is 11.5 Å². The SMILES string of the molecule is O=C1NC(=O)C(Cc2ccc(OCC[C@H](Oc3ccc(Cl)cc3Cl)c3ccccc3)cc2)S1. The van der Waals surface area contributed by atoms with Crippen molar-refractivity contribution in [1.82, 2.24) is 5.32 Å². The maximum absolute atomic E-state index is 11.7. The number of hydrogen-bond donors (Lipinski definition) is 1. The Morgan fingerprint density at radius 2 is 1.73 bits per heavy atom. The Hall–Kier alpha value is -2.67. The zero-order chi connectivity index (χ0) is 23.2. The lowest BCUT2D eigenvalue weighted by Gasteiger charge is -2.21. The van der Waals surface area contributed by atoms with Crippen LogP contribution in [0.25, 0.3) is 0 Å². The van der Waals surface area contributed by atoms with E-state index in [-0.39, 0.29) is 22.5 Å². The number of carbonyl (C=O) groups is 2. The molecule has 1 fully saturated rings. The molecule has 1 aliphatic heterocycles. The summed E-state index contributed by atoms with van der Waals surface area (Å²) >= 11 is 13.3. The lowest BCUT2D eigenvalue weighted by molar-refractivity contribution is -0.118. The van der Waals surface area contributed by atoms with E-state index in [4.69, 9.17) is 32.7 Å². The number of rotatable bonds is 9. The van der Waals surface area contributed by atoms with Gasteiger partial charge in [0.05, 0.1) is 16.9 Å². The van der Waals surface area contributed by atoms with Crippen molar-refractivity contribution in [1.29, 1.82) is 0 Å². The highest BCUT2D eigenvalue weighted by Crippen LogP contribution is 2.33. The van der Waals surface area contributed by atoms with E-state index in [1.54, 1.807) is 18.2 Å². The molecule has 170 valence electrons. The normalized spacial score (nSPS) is 16.4. The average Bonchev–Trinajstić information content (AvgIpc) is 3.12. The van der Waals surface area contributed by atoms with Crippen LogP contribution >= 0.6 is 35.0 Å². The minimum Gasteiger partial charge on any atom is -0.493 e. The Balaban J connectivity index is 1.36. The zero-order valence-corrected chi connectivity index (χ0v) is 19.8. The summed E-state index contributed by atoms with van der Waals surface area (Å²) in [5, 5.41) is 2.64. The van der Waals surface area contributed by atoms with Gasteiger partial charge in [0.2, 0.25) is 5.91 Å². The van der Waals surface area contributed by atoms with Gasteiger partial charge in [0, 0.05) is 11.4 Å². The Morgan fingerprint density at radius 1 is 0.970 bits per heavy atom. The topological polar surface area (TPSA) is 64.6 Å². The Bertz CT molecular complexity index is 1130. The maximum Gasteiger partial charge on any atom is 0.286 e. The average molecular weight is 502 g/mol. The molecule has 2 atom stereocenters. The molecular weight excluding hydrogens is 481 g/mol. The summed E-state index contributed by atoms with van der Waals surface area (Å²) in [6, 6.07) is 22.6. The molecule has 2 amide bonds. The number of thioether (sulfide) groups is 1. The number of imide groups is 1. The molecule has 0 saturated carbocycles. The number of ether oxygens (including phenoxy) is 2. The maximum atomic E-state index is 11.7. The van der Waals surface area contributed by atoms with Gasteiger partial charge in [-0.25, -0.2) is 0 Å². The highest BCUT2D eigenvalue weighted by molar-refractivity contribution is 8.15. The van der Waals surface area contributed by atoms with Crippen molar-refractivity contribution < 1.29 is 19.1 Å². The second-order valence-electron chi connectivity index (χ2n) is 7.46. The van der Waals surface area contributed by atoms with Crippen molar-refractivity contribution >= 4 is 46.1 Å². The van der Waals surface area contributed by atoms with Crippen LogP contribution in [0.1, 0.15) is 23.7 Å². The van der Waals surface area contributed by atoms with Crippen molar-refractivity contribution in [3.63, 3.8) is 0 Å². The first-order valence-corrected chi connectivity index (χ1v) is 12.0. The van der Waals surface area contributed by atoms with E-state index in [0.717, 1.165) is 28.6 Å². The Morgan fingerprint density at radius 3 is 2.39 bits per heavy atom. The van der Waals surface area contributed by atoms with Crippen molar-refractivity contribution in [3.05, 3.63) is 94.0 Å². The minimum atomic E-state index is -0.382. The van der Waals surface area contributed by atoms with Crippen LogP contribution in [0, 0.1) is 0 Å². The van der Waals surface area contributed by atoms with Gasteiger partial charge in [-0.2, -0.15) is 0 Å². The van der Waals surface area contributed by atoms with Crippen LogP contribution in [0.2, 0.25) is 10.0 Å². The molecule has 1 heterocycles. The summed E-state index contributed by atoms with van der Waals surface area (Å²) in [5.41, 5.74) is 1.98. The van der Waals surface area contributed by atoms with E-state index in [1.807, 2.05) is 54.6 Å². The van der Waals surface area contributed by atoms with Crippen LogP contribution in [0.3, 0.4) is 0 Å². The third-order valence-electron chi connectivity index (χ3n) is 5.09. The third kappa shape index (κ3) is 6.44. The smallest absolute Gasteiger partial charge is 0.286 e. The molecule has 0 aromatic heterocycles. The number of halogens is 2. The van der Waals surface area contributed by atoms with Gasteiger partial charge < -0.3 is 9.47 Å². The van der Waals surface area contributed by atoms with E-state index in [2.05, 4.69) is 5.32 Å². The van der Waals surface area contributed by atoms with Gasteiger partial charge in [0.1, 0.15) is 17.6 Å². The summed E-state index contributed by atoms with van der Waals surface area (Å²) in [5.74, 6) is 1.04. The molecule has 1 saturated heterocycles. The van der Waals surface area contributed by atoms with Crippen LogP contribution in [0.15, 0.2) is 72.8 Å². The van der Waals surface area contributed by atoms with Crippen molar-refractivity contribution in [2.45, 2.75) is 24.2 Å². The Labute approximate surface area is 206 Å². The van der Waals surface area contributed by atoms with Crippen LogP contribution < -0.4 is 14.8 Å². The predicted molar refractivity (Wildman–Crippen MR) is 131 cm³/mol. The molecule has 0 aliphatic carbocycles. The lowest BCUT2D eigenvalue weighted by Crippen LogP contribution is -2.25. The molecule has 3 aromatic rings. The molecule has 4 rings (SSSR count). The molecule has 5 nitrogen and oxygen atoms in total. The quantitative estimate of drug-likeness (QED) is 0.363. The van der Waals surface area contributed by atoms with E-state index >= 15 is 0 Å². The summed E-state index contributed by atoms with van der Waals surface area (Å²) in [6.45, 7) is 0.430. The van der Waals surface area contributed by atoms with E-state index < -0.39 is 0 Å². The summed E-state index contributed by atoms with van der Waals surface area (Å²) < 4.78 is 12.1. The van der Waals surface area contributed by atoms with Gasteiger partial charge in [0.15, 0.2) is 0 Å². The molecular formula is C25H21Cl2NO4S. The van der Waals surface area contributed by atoms with Gasteiger partial charge in [-0.3, -0.25) is 14.9 Å². The van der Waals surface area contributed by atoms with Crippen LogP contribution in [0.4, 0.5) is 4.79 Å². The molecule has 33 heavy (non-hydrogen) atoms. The zero-order valence-electron chi connectivity index (χ0n) is 17.5. The number of nitrogens with one attached hydrogen (secondary N) is 1. The summed E-state index contributed by atoms with van der Waals surface area (Å²) in [6.07, 6.45) is 0.847. The fourth-order valence-corrected chi connectivity index (χ4v) is 4.75. The summed E-state index contributed by atoms with van der Waals surface area (Å²) in [4.78, 5) is 23.1. The second-order valence-corrected chi connectivity index (χ2v) is 9.48. The van der Waals surface area contributed by atoms with E-state index in [9.17, 15) is 9.59 Å². The molecule has 8 heteroatoms. The van der Waals surface area contributed by atoms with Gasteiger partial charge in [-0.1, -0.05) is 77.4 Å². The van der Waals surface area contributed by atoms with E-state index in [1.165, 1.54) is 0 Å². The van der Waals surface area contributed by atoms with E-state index in [0.29, 0.717) is 35.2 Å². The predicted octanol–water partition coefficient (Wildman–Crippen LogP) is 6.48. The molecule has 1 unspecified atom stereocenters. The molecule has 1 N–H and O–H groups in total. The fourth-order valence-electron chi connectivity index (χ4n) is 3.43. The molecule has 0 spiro atoms. The van der Waals surface area contributed by atoms with Gasteiger partial charge in [-0.05, 0) is 47.9 Å². The Kier molecular flexibility index (Phi) is 7.81. The summed E-state index contributed by atoms with van der Waals surface area (Å²) in [7, 11) is 0. The number of hydrogen-bond acceptors (Lipinski definition) is 5. The van der Waals surface area contributed by atoms with Gasteiger partial charge >= 0.3 is 0 Å². The second kappa shape index (κ2) is 11.0. The minimum absolute atomic E-state index is 0.238. The first kappa shape index (κ1) is 23.5. The highest BCUT2D eigenvalue weighted by atomic mass is 35.5.